The molecule has 0 aliphatic rings. The molecule has 0 nitrogen and oxygen atoms in total. The minimum atomic E-state index is 0. The monoisotopic (exact) mass is 355 g/mol. The first-order valence-electron chi connectivity index (χ1n) is 9.06. The number of hydrogen-bond acceptors (Lipinski definition) is 0. The molecule has 0 saturated carbocycles. The van der Waals surface area contributed by atoms with Gasteiger partial charge in [-0.15, -0.1) is 0 Å². The topological polar surface area (TPSA) is 0 Å². The van der Waals surface area contributed by atoms with Gasteiger partial charge in [-0.1, -0.05) is 116 Å². The van der Waals surface area contributed by atoms with E-state index in [0.717, 1.165) is 0 Å². The quantitative estimate of drug-likeness (QED) is 0.221. The first kappa shape index (κ1) is 23.0. The zero-order chi connectivity index (χ0) is 14.0. The Bertz CT molecular complexity index is 134. The third kappa shape index (κ3) is 21.1. The van der Waals surface area contributed by atoms with E-state index in [1.165, 1.54) is 109 Å². The van der Waals surface area contributed by atoms with E-state index in [9.17, 15) is 0 Å². The summed E-state index contributed by atoms with van der Waals surface area (Å²) in [6, 6.07) is 1.18. The third-order valence-corrected chi connectivity index (χ3v) is 4.38. The van der Waals surface area contributed by atoms with Crippen LogP contribution in [-0.4, -0.2) is 27.8 Å². The standard InChI is InChI=1S/C18H37Si.Ge/c1-2-3-4-5-6-7-8-9-10-11-12-13-14-15-16-17-18-19;/h2-18H2,1H3;. The Kier molecular flexibility index (Phi) is 25.4. The molecule has 0 aromatic heterocycles. The molecular weight excluding hydrogens is 317 g/mol. The fourth-order valence-corrected chi connectivity index (χ4v) is 2.92. The average molecular weight is 354 g/mol. The SMILES string of the molecule is CCCCCCCCCCCCCCCCCC[Si].[Ge]. The van der Waals surface area contributed by atoms with Gasteiger partial charge in [-0.2, -0.15) is 0 Å². The van der Waals surface area contributed by atoms with Gasteiger partial charge in [0.05, 0.1) is 0 Å². The minimum absolute atomic E-state index is 0. The molecule has 0 aliphatic heterocycles. The molecule has 0 aromatic carbocycles. The van der Waals surface area contributed by atoms with Gasteiger partial charge >= 0.3 is 0 Å². The van der Waals surface area contributed by atoms with Crippen LogP contribution in [0.4, 0.5) is 0 Å². The molecule has 0 aromatic rings. The predicted octanol–water partition coefficient (Wildman–Crippen LogP) is 6.45. The van der Waals surface area contributed by atoms with E-state index < -0.39 is 0 Å². The van der Waals surface area contributed by atoms with E-state index in [4.69, 9.17) is 0 Å². The summed E-state index contributed by atoms with van der Waals surface area (Å²) in [5, 5.41) is 0. The van der Waals surface area contributed by atoms with Crippen molar-refractivity contribution in [3.05, 3.63) is 0 Å². The second-order valence-electron chi connectivity index (χ2n) is 6.05. The van der Waals surface area contributed by atoms with Crippen LogP contribution in [0.15, 0.2) is 0 Å². The summed E-state index contributed by atoms with van der Waals surface area (Å²) >= 11 is 0. The van der Waals surface area contributed by atoms with Crippen molar-refractivity contribution >= 4 is 27.8 Å². The van der Waals surface area contributed by atoms with Crippen LogP contribution >= 0.6 is 0 Å². The maximum Gasteiger partial charge on any atom is 0.0222 e. The van der Waals surface area contributed by atoms with E-state index in [0.29, 0.717) is 0 Å². The molecule has 0 heterocycles. The minimum Gasteiger partial charge on any atom is -0.0654 e. The summed E-state index contributed by atoms with van der Waals surface area (Å²) in [6.45, 7) is 2.29. The van der Waals surface area contributed by atoms with Crippen LogP contribution in [0.25, 0.3) is 0 Å². The average Bonchev–Trinajstić information content (AvgIpc) is 2.43. The van der Waals surface area contributed by atoms with Crippen LogP contribution in [0.5, 0.6) is 0 Å². The van der Waals surface area contributed by atoms with Gasteiger partial charge in [-0.05, 0) is 0 Å². The molecular formula is C18H37GeSi. The van der Waals surface area contributed by atoms with Gasteiger partial charge in [0.2, 0.25) is 0 Å². The zero-order valence-corrected chi connectivity index (χ0v) is 17.1. The molecule has 7 radical (unpaired) electrons. The molecule has 0 saturated heterocycles. The molecule has 0 spiro atoms. The molecule has 117 valence electrons. The molecule has 0 N–H and O–H groups in total. The van der Waals surface area contributed by atoms with E-state index in [2.05, 4.69) is 17.2 Å². The van der Waals surface area contributed by atoms with Gasteiger partial charge in [-0.3, -0.25) is 0 Å². The van der Waals surface area contributed by atoms with Gasteiger partial charge in [0.15, 0.2) is 0 Å². The van der Waals surface area contributed by atoms with E-state index >= 15 is 0 Å². The normalized spacial score (nSPS) is 10.5. The van der Waals surface area contributed by atoms with Crippen molar-refractivity contribution in [2.75, 3.05) is 0 Å². The maximum atomic E-state index is 3.53. The number of hydrogen-bond donors (Lipinski definition) is 0. The molecule has 0 bridgehead atoms. The molecule has 0 unspecified atom stereocenters. The van der Waals surface area contributed by atoms with Gasteiger partial charge in [0.25, 0.3) is 0 Å². The van der Waals surface area contributed by atoms with Crippen LogP contribution in [0.3, 0.4) is 0 Å². The predicted molar refractivity (Wildman–Crippen MR) is 95.9 cm³/mol. The van der Waals surface area contributed by atoms with Crippen molar-refractivity contribution in [1.82, 2.24) is 0 Å². The molecule has 0 aliphatic carbocycles. The number of rotatable bonds is 16. The summed E-state index contributed by atoms with van der Waals surface area (Å²) in [5.41, 5.74) is 0. The molecule has 0 amide bonds. The fourth-order valence-electron chi connectivity index (χ4n) is 2.67. The summed E-state index contributed by atoms with van der Waals surface area (Å²) in [5.74, 6) is 0. The summed E-state index contributed by atoms with van der Waals surface area (Å²) in [4.78, 5) is 0. The summed E-state index contributed by atoms with van der Waals surface area (Å²) < 4.78 is 0. The van der Waals surface area contributed by atoms with Crippen molar-refractivity contribution in [3.8, 4) is 0 Å². The van der Waals surface area contributed by atoms with Gasteiger partial charge in [-0.25, -0.2) is 0 Å². The Morgan fingerprint density at radius 3 is 0.950 bits per heavy atom. The summed E-state index contributed by atoms with van der Waals surface area (Å²) in [6.07, 6.45) is 23.3. The molecule has 0 rings (SSSR count). The Morgan fingerprint density at radius 1 is 0.450 bits per heavy atom. The van der Waals surface area contributed by atoms with Gasteiger partial charge < -0.3 is 0 Å². The Morgan fingerprint density at radius 2 is 0.700 bits per heavy atom. The van der Waals surface area contributed by atoms with Crippen molar-refractivity contribution in [2.45, 2.75) is 116 Å². The second kappa shape index (κ2) is 22.0. The van der Waals surface area contributed by atoms with Crippen molar-refractivity contribution in [3.63, 3.8) is 0 Å². The van der Waals surface area contributed by atoms with Crippen molar-refractivity contribution in [1.29, 1.82) is 0 Å². The molecule has 2 heteroatoms. The first-order valence-corrected chi connectivity index (χ1v) is 9.77. The van der Waals surface area contributed by atoms with Crippen LogP contribution in [0.2, 0.25) is 6.04 Å². The molecule has 0 atom stereocenters. The summed E-state index contributed by atoms with van der Waals surface area (Å²) in [7, 11) is 3.53. The Labute approximate surface area is 143 Å². The third-order valence-electron chi connectivity index (χ3n) is 4.03. The van der Waals surface area contributed by atoms with Gasteiger partial charge in [0, 0.05) is 27.8 Å². The van der Waals surface area contributed by atoms with Crippen LogP contribution < -0.4 is 0 Å². The second-order valence-corrected chi connectivity index (χ2v) is 6.55. The van der Waals surface area contributed by atoms with Crippen LogP contribution in [-0.2, 0) is 0 Å². The van der Waals surface area contributed by atoms with E-state index in [1.54, 1.807) is 0 Å². The molecule has 20 heavy (non-hydrogen) atoms. The Hall–Kier alpha value is 0.760. The Balaban J connectivity index is 0. The fraction of sp³-hybridized carbons (Fsp3) is 1.00. The molecule has 0 fully saturated rings. The van der Waals surface area contributed by atoms with E-state index in [1.807, 2.05) is 0 Å². The van der Waals surface area contributed by atoms with Gasteiger partial charge in [0.1, 0.15) is 0 Å². The van der Waals surface area contributed by atoms with Crippen molar-refractivity contribution < 1.29 is 0 Å². The zero-order valence-electron chi connectivity index (χ0n) is 14.0. The van der Waals surface area contributed by atoms with Crippen molar-refractivity contribution in [2.24, 2.45) is 0 Å². The first-order chi connectivity index (χ1) is 9.41. The smallest absolute Gasteiger partial charge is 0.0222 e. The largest absolute Gasteiger partial charge is 0.0654 e. The van der Waals surface area contributed by atoms with Crippen LogP contribution in [0, 0.1) is 0 Å². The van der Waals surface area contributed by atoms with E-state index in [-0.39, 0.29) is 17.6 Å². The maximum absolute atomic E-state index is 3.53. The number of unbranched alkanes of at least 4 members (excludes halogenated alkanes) is 15. The van der Waals surface area contributed by atoms with Crippen LogP contribution in [0.1, 0.15) is 110 Å².